The van der Waals surface area contributed by atoms with E-state index in [0.29, 0.717) is 5.92 Å². The van der Waals surface area contributed by atoms with Gasteiger partial charge in [0.15, 0.2) is 0 Å². The van der Waals surface area contributed by atoms with Gasteiger partial charge in [0.25, 0.3) is 0 Å². The maximum atomic E-state index is 6.30. The minimum atomic E-state index is 0.657. The standard InChI is InChI=1S/C18H19ClN/c1-20-11-9-14(10-12-20)15-5-4-6-16(13-15)17-7-2-3-8-18(17)19/h2-3,5-8,13-14H,9-12H2,1H3. The molecule has 0 aliphatic carbocycles. The molecule has 20 heavy (non-hydrogen) atoms. The van der Waals surface area contributed by atoms with E-state index in [0.717, 1.165) is 10.6 Å². The maximum absolute atomic E-state index is 6.30. The summed E-state index contributed by atoms with van der Waals surface area (Å²) in [7, 11) is 2.20. The second-order valence-electron chi connectivity index (χ2n) is 5.61. The van der Waals surface area contributed by atoms with E-state index in [-0.39, 0.29) is 0 Å². The third-order valence-electron chi connectivity index (χ3n) is 4.19. The van der Waals surface area contributed by atoms with Crippen LogP contribution in [0.15, 0.2) is 42.5 Å². The van der Waals surface area contributed by atoms with Gasteiger partial charge in [0, 0.05) is 10.6 Å². The van der Waals surface area contributed by atoms with E-state index in [2.05, 4.69) is 36.2 Å². The van der Waals surface area contributed by atoms with Crippen LogP contribution in [0, 0.1) is 6.07 Å². The topological polar surface area (TPSA) is 3.24 Å². The quantitative estimate of drug-likeness (QED) is 0.778. The van der Waals surface area contributed by atoms with Gasteiger partial charge in [-0.3, -0.25) is 0 Å². The van der Waals surface area contributed by atoms with Crippen molar-refractivity contribution in [3.8, 4) is 11.1 Å². The van der Waals surface area contributed by atoms with Crippen LogP contribution in [0.1, 0.15) is 24.3 Å². The lowest BCUT2D eigenvalue weighted by molar-refractivity contribution is 0.255. The Hall–Kier alpha value is -1.31. The highest BCUT2D eigenvalue weighted by Gasteiger charge is 2.18. The van der Waals surface area contributed by atoms with Crippen molar-refractivity contribution in [2.24, 2.45) is 0 Å². The number of hydrogen-bond acceptors (Lipinski definition) is 1. The minimum Gasteiger partial charge on any atom is -0.306 e. The lowest BCUT2D eigenvalue weighted by atomic mass is 9.88. The smallest absolute Gasteiger partial charge is 0.0484 e. The van der Waals surface area contributed by atoms with Gasteiger partial charge < -0.3 is 4.90 Å². The first kappa shape index (κ1) is 13.7. The van der Waals surface area contributed by atoms with Gasteiger partial charge in [-0.25, -0.2) is 0 Å². The van der Waals surface area contributed by atoms with E-state index in [1.807, 2.05) is 24.3 Å². The molecule has 0 aromatic heterocycles. The van der Waals surface area contributed by atoms with Crippen molar-refractivity contribution in [2.45, 2.75) is 18.8 Å². The summed E-state index contributed by atoms with van der Waals surface area (Å²) in [5.74, 6) is 0.657. The lowest BCUT2D eigenvalue weighted by Crippen LogP contribution is -2.29. The first-order valence-electron chi connectivity index (χ1n) is 7.18. The molecule has 0 amide bonds. The van der Waals surface area contributed by atoms with Gasteiger partial charge in [-0.2, -0.15) is 0 Å². The van der Waals surface area contributed by atoms with Gasteiger partial charge in [-0.1, -0.05) is 41.9 Å². The molecule has 2 heteroatoms. The zero-order valence-electron chi connectivity index (χ0n) is 11.8. The third-order valence-corrected chi connectivity index (χ3v) is 4.52. The predicted octanol–water partition coefficient (Wildman–Crippen LogP) is 4.62. The molecule has 0 spiro atoms. The fraction of sp³-hybridized carbons (Fsp3) is 0.333. The van der Waals surface area contributed by atoms with E-state index in [1.165, 1.54) is 37.1 Å². The molecule has 2 aromatic carbocycles. The summed E-state index contributed by atoms with van der Waals surface area (Å²) in [4.78, 5) is 2.40. The summed E-state index contributed by atoms with van der Waals surface area (Å²) in [6, 6.07) is 17.8. The normalized spacial score (nSPS) is 17.3. The van der Waals surface area contributed by atoms with E-state index in [9.17, 15) is 0 Å². The number of hydrogen-bond donors (Lipinski definition) is 0. The molecule has 2 aromatic rings. The lowest BCUT2D eigenvalue weighted by Gasteiger charge is -2.29. The predicted molar refractivity (Wildman–Crippen MR) is 85.2 cm³/mol. The molecule has 1 saturated heterocycles. The minimum absolute atomic E-state index is 0.657. The highest BCUT2D eigenvalue weighted by molar-refractivity contribution is 6.33. The number of benzene rings is 2. The number of nitrogens with zero attached hydrogens (tertiary/aromatic N) is 1. The van der Waals surface area contributed by atoms with Crippen LogP contribution in [0.5, 0.6) is 0 Å². The van der Waals surface area contributed by atoms with Crippen LogP contribution in [0.4, 0.5) is 0 Å². The Kier molecular flexibility index (Phi) is 4.09. The zero-order valence-corrected chi connectivity index (χ0v) is 12.5. The SMILES string of the molecule is CN1CCC(c2c[c]cc(-c3ccccc3Cl)c2)CC1. The van der Waals surface area contributed by atoms with E-state index < -0.39 is 0 Å². The van der Waals surface area contributed by atoms with Crippen molar-refractivity contribution in [3.05, 3.63) is 59.1 Å². The van der Waals surface area contributed by atoms with Gasteiger partial charge in [0.2, 0.25) is 0 Å². The van der Waals surface area contributed by atoms with Crippen LogP contribution in [-0.4, -0.2) is 25.0 Å². The van der Waals surface area contributed by atoms with Crippen LogP contribution in [0.3, 0.4) is 0 Å². The molecule has 1 heterocycles. The van der Waals surface area contributed by atoms with Crippen LogP contribution in [0.2, 0.25) is 5.02 Å². The molecule has 0 atom stereocenters. The summed E-state index contributed by atoms with van der Waals surface area (Å²) >= 11 is 6.30. The average molecular weight is 285 g/mol. The molecule has 1 radical (unpaired) electrons. The maximum Gasteiger partial charge on any atom is 0.0484 e. The first-order valence-corrected chi connectivity index (χ1v) is 7.56. The van der Waals surface area contributed by atoms with Crippen molar-refractivity contribution >= 4 is 11.6 Å². The van der Waals surface area contributed by atoms with Crippen molar-refractivity contribution < 1.29 is 0 Å². The number of rotatable bonds is 2. The summed E-state index contributed by atoms with van der Waals surface area (Å²) in [6.07, 6.45) is 2.46. The van der Waals surface area contributed by atoms with E-state index in [1.54, 1.807) is 0 Å². The van der Waals surface area contributed by atoms with Crippen LogP contribution < -0.4 is 0 Å². The molecule has 1 nitrogen and oxygen atoms in total. The van der Waals surface area contributed by atoms with E-state index >= 15 is 0 Å². The molecule has 1 aliphatic rings. The molecule has 103 valence electrons. The van der Waals surface area contributed by atoms with Crippen molar-refractivity contribution in [1.29, 1.82) is 0 Å². The molecular weight excluding hydrogens is 266 g/mol. The first-order chi connectivity index (χ1) is 9.74. The molecule has 0 N–H and O–H groups in total. The third kappa shape index (κ3) is 2.89. The van der Waals surface area contributed by atoms with Gasteiger partial charge >= 0.3 is 0 Å². The highest BCUT2D eigenvalue weighted by atomic mass is 35.5. The Morgan fingerprint density at radius 1 is 1.15 bits per heavy atom. The number of halogens is 1. The van der Waals surface area contributed by atoms with Crippen molar-refractivity contribution in [3.63, 3.8) is 0 Å². The number of piperidine rings is 1. The Balaban J connectivity index is 1.88. The molecule has 1 fully saturated rings. The molecule has 0 unspecified atom stereocenters. The zero-order chi connectivity index (χ0) is 13.9. The highest BCUT2D eigenvalue weighted by Crippen LogP contribution is 2.32. The molecular formula is C18H19ClN. The number of likely N-dealkylation sites (tertiary alicyclic amines) is 1. The fourth-order valence-corrected chi connectivity index (χ4v) is 3.16. The monoisotopic (exact) mass is 284 g/mol. The van der Waals surface area contributed by atoms with Crippen LogP contribution >= 0.6 is 11.6 Å². The van der Waals surface area contributed by atoms with Crippen molar-refractivity contribution in [1.82, 2.24) is 4.90 Å². The van der Waals surface area contributed by atoms with Gasteiger partial charge in [0.05, 0.1) is 0 Å². The van der Waals surface area contributed by atoms with Crippen LogP contribution in [0.25, 0.3) is 11.1 Å². The molecule has 1 aliphatic heterocycles. The second kappa shape index (κ2) is 5.99. The second-order valence-corrected chi connectivity index (χ2v) is 6.02. The average Bonchev–Trinajstić information content (AvgIpc) is 2.49. The van der Waals surface area contributed by atoms with Gasteiger partial charge in [0.1, 0.15) is 0 Å². The van der Waals surface area contributed by atoms with E-state index in [4.69, 9.17) is 11.6 Å². The Labute approximate surface area is 126 Å². The largest absolute Gasteiger partial charge is 0.306 e. The van der Waals surface area contributed by atoms with Crippen molar-refractivity contribution in [2.75, 3.05) is 20.1 Å². The Morgan fingerprint density at radius 3 is 2.65 bits per heavy atom. The summed E-state index contributed by atoms with van der Waals surface area (Å²) in [5, 5.41) is 0.807. The van der Waals surface area contributed by atoms with Gasteiger partial charge in [-0.05, 0) is 68.2 Å². The molecule has 0 bridgehead atoms. The molecule has 0 saturated carbocycles. The Bertz CT molecular complexity index is 585. The fourth-order valence-electron chi connectivity index (χ4n) is 2.92. The summed E-state index contributed by atoms with van der Waals surface area (Å²) < 4.78 is 0. The Morgan fingerprint density at radius 2 is 1.90 bits per heavy atom. The van der Waals surface area contributed by atoms with Gasteiger partial charge in [-0.15, -0.1) is 0 Å². The summed E-state index contributed by atoms with van der Waals surface area (Å²) in [5.41, 5.74) is 3.67. The molecule has 3 rings (SSSR count). The van der Waals surface area contributed by atoms with Crippen LogP contribution in [-0.2, 0) is 0 Å². The summed E-state index contributed by atoms with van der Waals surface area (Å²) in [6.45, 7) is 2.36.